The molecule has 0 radical (unpaired) electrons. The van der Waals surface area contributed by atoms with Crippen LogP contribution >= 0.6 is 0 Å². The van der Waals surface area contributed by atoms with Gasteiger partial charge in [0.2, 0.25) is 0 Å². The second-order valence-electron chi connectivity index (χ2n) is 4.52. The number of hydrogen-bond acceptors (Lipinski definition) is 5. The van der Waals surface area contributed by atoms with Crippen LogP contribution < -0.4 is 0 Å². The number of nitro benzene ring substituents is 2. The smallest absolute Gasteiger partial charge is 0.280 e. The molecule has 0 aromatic heterocycles. The van der Waals surface area contributed by atoms with Crippen LogP contribution in [-0.4, -0.2) is 15.6 Å². The Kier molecular flexibility index (Phi) is 3.55. The maximum atomic E-state index is 11.8. The molecule has 1 saturated carbocycles. The molecule has 0 saturated heterocycles. The number of carbonyl (C=O) groups is 1. The average molecular weight is 264 g/mol. The van der Waals surface area contributed by atoms with Crippen molar-refractivity contribution in [2.24, 2.45) is 0 Å². The fraction of sp³-hybridized carbons (Fsp3) is 0.417. The minimum Gasteiger partial charge on any atom is -0.299 e. The van der Waals surface area contributed by atoms with E-state index in [4.69, 9.17) is 0 Å². The van der Waals surface area contributed by atoms with Crippen LogP contribution in [0.1, 0.15) is 37.2 Å². The van der Waals surface area contributed by atoms with Crippen molar-refractivity contribution in [3.63, 3.8) is 0 Å². The predicted molar refractivity (Wildman–Crippen MR) is 66.0 cm³/mol. The van der Waals surface area contributed by atoms with Crippen LogP contribution in [0.15, 0.2) is 18.2 Å². The van der Waals surface area contributed by atoms with E-state index in [0.29, 0.717) is 18.4 Å². The summed E-state index contributed by atoms with van der Waals surface area (Å²) in [6.45, 7) is 0. The number of nitrogens with zero attached hydrogens (tertiary/aromatic N) is 2. The maximum Gasteiger partial charge on any atom is 0.280 e. The first-order valence-electron chi connectivity index (χ1n) is 5.96. The molecular formula is C12H12N2O5. The van der Waals surface area contributed by atoms with Crippen molar-refractivity contribution >= 4 is 17.2 Å². The lowest BCUT2D eigenvalue weighted by atomic mass is 9.82. The number of ketones is 1. The monoisotopic (exact) mass is 264 g/mol. The summed E-state index contributed by atoms with van der Waals surface area (Å²) in [6, 6.07) is 3.48. The topological polar surface area (TPSA) is 103 Å². The molecule has 1 aliphatic rings. The molecular weight excluding hydrogens is 252 g/mol. The van der Waals surface area contributed by atoms with Crippen LogP contribution in [0.4, 0.5) is 11.4 Å². The van der Waals surface area contributed by atoms with Crippen LogP contribution in [0.25, 0.3) is 0 Å². The first-order chi connectivity index (χ1) is 9.00. The first-order valence-corrected chi connectivity index (χ1v) is 5.96. The molecule has 2 rings (SSSR count). The zero-order valence-electron chi connectivity index (χ0n) is 10.1. The summed E-state index contributed by atoms with van der Waals surface area (Å²) in [5, 5.41) is 21.7. The SMILES string of the molecule is O=C1CCCC[C@@H]1c1ccc([N+](=O)[O-])cc1[N+](=O)[O-]. The van der Waals surface area contributed by atoms with Gasteiger partial charge in [-0.15, -0.1) is 0 Å². The number of rotatable bonds is 3. The van der Waals surface area contributed by atoms with Gasteiger partial charge in [-0.05, 0) is 18.9 Å². The Morgan fingerprint density at radius 3 is 2.42 bits per heavy atom. The predicted octanol–water partition coefficient (Wildman–Crippen LogP) is 2.73. The third-order valence-electron chi connectivity index (χ3n) is 3.35. The van der Waals surface area contributed by atoms with Crippen LogP contribution in [0.3, 0.4) is 0 Å². The zero-order valence-corrected chi connectivity index (χ0v) is 10.1. The lowest BCUT2D eigenvalue weighted by molar-refractivity contribution is -0.394. The molecule has 1 aromatic rings. The van der Waals surface area contributed by atoms with Crippen LogP contribution in [-0.2, 0) is 4.79 Å². The fourth-order valence-electron chi connectivity index (χ4n) is 2.41. The molecule has 19 heavy (non-hydrogen) atoms. The van der Waals surface area contributed by atoms with E-state index in [0.717, 1.165) is 18.9 Å². The highest BCUT2D eigenvalue weighted by atomic mass is 16.6. The highest BCUT2D eigenvalue weighted by Gasteiger charge is 2.31. The molecule has 7 heteroatoms. The van der Waals surface area contributed by atoms with Gasteiger partial charge in [-0.25, -0.2) is 0 Å². The molecule has 1 fully saturated rings. The molecule has 0 aliphatic heterocycles. The molecule has 0 spiro atoms. The van der Waals surface area contributed by atoms with Gasteiger partial charge in [-0.1, -0.05) is 6.42 Å². The molecule has 1 atom stereocenters. The average Bonchev–Trinajstić information content (AvgIpc) is 2.38. The number of carbonyl (C=O) groups excluding carboxylic acids is 1. The van der Waals surface area contributed by atoms with Crippen molar-refractivity contribution in [1.82, 2.24) is 0 Å². The van der Waals surface area contributed by atoms with Crippen molar-refractivity contribution in [1.29, 1.82) is 0 Å². The molecule has 100 valence electrons. The molecule has 0 heterocycles. The van der Waals surface area contributed by atoms with E-state index in [1.165, 1.54) is 12.1 Å². The van der Waals surface area contributed by atoms with Crippen LogP contribution in [0, 0.1) is 20.2 Å². The van der Waals surface area contributed by atoms with E-state index in [1.54, 1.807) is 0 Å². The van der Waals surface area contributed by atoms with E-state index in [2.05, 4.69) is 0 Å². The third-order valence-corrected chi connectivity index (χ3v) is 3.35. The summed E-state index contributed by atoms with van der Waals surface area (Å²) in [4.78, 5) is 32.1. The van der Waals surface area contributed by atoms with Gasteiger partial charge in [0.25, 0.3) is 11.4 Å². The van der Waals surface area contributed by atoms with Gasteiger partial charge in [-0.2, -0.15) is 0 Å². The Bertz CT molecular complexity index is 555. The van der Waals surface area contributed by atoms with Crippen molar-refractivity contribution in [2.75, 3.05) is 0 Å². The van der Waals surface area contributed by atoms with Crippen molar-refractivity contribution in [3.8, 4) is 0 Å². The number of Topliss-reactive ketones (excluding diaryl/α,β-unsaturated/α-hetero) is 1. The number of non-ortho nitro benzene ring substituents is 1. The van der Waals surface area contributed by atoms with Crippen molar-refractivity contribution in [2.45, 2.75) is 31.6 Å². The minimum absolute atomic E-state index is 0.0248. The van der Waals surface area contributed by atoms with Gasteiger partial charge in [-0.3, -0.25) is 25.0 Å². The largest absolute Gasteiger partial charge is 0.299 e. The Balaban J connectivity index is 2.47. The second-order valence-corrected chi connectivity index (χ2v) is 4.52. The van der Waals surface area contributed by atoms with Gasteiger partial charge in [0, 0.05) is 24.0 Å². The standard InChI is InChI=1S/C12H12N2O5/c15-12-4-2-1-3-10(12)9-6-5-8(13(16)17)7-11(9)14(18)19/h5-7,10H,1-4H2/t10-/m1/s1. The maximum absolute atomic E-state index is 11.8. The fourth-order valence-corrected chi connectivity index (χ4v) is 2.41. The Morgan fingerprint density at radius 1 is 1.11 bits per heavy atom. The second kappa shape index (κ2) is 5.13. The minimum atomic E-state index is -0.681. The molecule has 1 aliphatic carbocycles. The van der Waals surface area contributed by atoms with Crippen LogP contribution in [0.5, 0.6) is 0 Å². The van der Waals surface area contributed by atoms with E-state index in [9.17, 15) is 25.0 Å². The highest BCUT2D eigenvalue weighted by molar-refractivity contribution is 5.87. The number of hydrogen-bond donors (Lipinski definition) is 0. The molecule has 1 aromatic carbocycles. The van der Waals surface area contributed by atoms with E-state index in [-0.39, 0.29) is 17.2 Å². The summed E-state index contributed by atoms with van der Waals surface area (Å²) >= 11 is 0. The molecule has 0 unspecified atom stereocenters. The van der Waals surface area contributed by atoms with E-state index >= 15 is 0 Å². The van der Waals surface area contributed by atoms with Crippen LogP contribution in [0.2, 0.25) is 0 Å². The Hall–Kier alpha value is -2.31. The number of nitro groups is 2. The van der Waals surface area contributed by atoms with E-state index in [1.807, 2.05) is 0 Å². The molecule has 0 bridgehead atoms. The summed E-state index contributed by atoms with van der Waals surface area (Å²) < 4.78 is 0. The van der Waals surface area contributed by atoms with Gasteiger partial charge in [0.05, 0.1) is 15.9 Å². The lowest BCUT2D eigenvalue weighted by Crippen LogP contribution is -2.18. The van der Waals surface area contributed by atoms with Gasteiger partial charge in [0.15, 0.2) is 0 Å². The quantitative estimate of drug-likeness (QED) is 0.616. The Labute approximate surface area is 108 Å². The van der Waals surface area contributed by atoms with Crippen molar-refractivity contribution in [3.05, 3.63) is 44.0 Å². The summed E-state index contributed by atoms with van der Waals surface area (Å²) in [5.74, 6) is -0.529. The number of benzene rings is 1. The first kappa shape index (κ1) is 13.1. The molecule has 7 nitrogen and oxygen atoms in total. The van der Waals surface area contributed by atoms with E-state index < -0.39 is 15.8 Å². The van der Waals surface area contributed by atoms with Gasteiger partial charge in [0.1, 0.15) is 5.78 Å². The zero-order chi connectivity index (χ0) is 14.0. The van der Waals surface area contributed by atoms with Gasteiger partial charge >= 0.3 is 0 Å². The normalized spacial score (nSPS) is 19.2. The summed E-state index contributed by atoms with van der Waals surface area (Å²) in [6.07, 6.45) is 2.62. The highest BCUT2D eigenvalue weighted by Crippen LogP contribution is 2.36. The van der Waals surface area contributed by atoms with Crippen molar-refractivity contribution < 1.29 is 14.6 Å². The molecule has 0 N–H and O–H groups in total. The molecule has 0 amide bonds. The summed E-state index contributed by atoms with van der Waals surface area (Å²) in [7, 11) is 0. The Morgan fingerprint density at radius 2 is 1.84 bits per heavy atom. The lowest BCUT2D eigenvalue weighted by Gasteiger charge is -2.20. The van der Waals surface area contributed by atoms with Gasteiger partial charge < -0.3 is 0 Å². The summed E-state index contributed by atoms with van der Waals surface area (Å²) in [5.41, 5.74) is -0.381. The third kappa shape index (κ3) is 2.59.